The molecule has 0 amide bonds. The molecule has 20 heavy (non-hydrogen) atoms. The Morgan fingerprint density at radius 2 is 2.15 bits per heavy atom. The third-order valence-corrected chi connectivity index (χ3v) is 3.57. The summed E-state index contributed by atoms with van der Waals surface area (Å²) < 4.78 is 5.82. The minimum absolute atomic E-state index is 0.400. The highest BCUT2D eigenvalue weighted by Gasteiger charge is 2.16. The molecule has 0 aliphatic carbocycles. The molecule has 0 aromatic carbocycles. The number of aromatic nitrogens is 7. The lowest BCUT2D eigenvalue weighted by Gasteiger charge is -2.08. The van der Waals surface area contributed by atoms with E-state index in [9.17, 15) is 0 Å². The second kappa shape index (κ2) is 5.24. The lowest BCUT2D eigenvalue weighted by molar-refractivity contribution is 0.510. The lowest BCUT2D eigenvalue weighted by Crippen LogP contribution is -2.09. The molecule has 3 heterocycles. The topological polar surface area (TPSA) is 66.3 Å². The predicted octanol–water partition coefficient (Wildman–Crippen LogP) is 1.50. The maximum Gasteiger partial charge on any atom is 0.158 e. The Hall–Kier alpha value is -1.89. The molecule has 0 fully saturated rings. The molecule has 0 saturated heterocycles. The van der Waals surface area contributed by atoms with Gasteiger partial charge in [-0.15, -0.1) is 16.7 Å². The quantitative estimate of drug-likeness (QED) is 0.669. The first kappa shape index (κ1) is 13.1. The van der Waals surface area contributed by atoms with Crippen LogP contribution in [0.15, 0.2) is 12.4 Å². The molecule has 0 aliphatic rings. The number of alkyl halides is 1. The number of hydrogen-bond acceptors (Lipinski definition) is 4. The summed E-state index contributed by atoms with van der Waals surface area (Å²) in [6, 6.07) is 0. The highest BCUT2D eigenvalue weighted by atomic mass is 35.5. The predicted molar refractivity (Wildman–Crippen MR) is 75.4 cm³/mol. The minimum Gasteiger partial charge on any atom is -0.312 e. The molecule has 3 rings (SSSR count). The van der Waals surface area contributed by atoms with Crippen LogP contribution >= 0.6 is 11.6 Å². The molecule has 0 spiro atoms. The molecule has 0 unspecified atom stereocenters. The molecule has 3 aromatic rings. The van der Waals surface area contributed by atoms with E-state index in [1.54, 1.807) is 6.20 Å². The van der Waals surface area contributed by atoms with Crippen LogP contribution in [0, 0.1) is 6.92 Å². The number of imidazole rings is 1. The van der Waals surface area contributed by atoms with E-state index in [1.807, 2.05) is 29.5 Å². The van der Waals surface area contributed by atoms with Gasteiger partial charge in [-0.25, -0.2) is 4.98 Å². The van der Waals surface area contributed by atoms with Gasteiger partial charge in [0.25, 0.3) is 0 Å². The molecule has 8 heteroatoms. The molecule has 0 aliphatic heterocycles. The smallest absolute Gasteiger partial charge is 0.158 e. The Kier molecular flexibility index (Phi) is 3.43. The lowest BCUT2D eigenvalue weighted by atomic mass is 10.4. The number of aryl methyl sites for hydroxylation is 4. The van der Waals surface area contributed by atoms with Gasteiger partial charge in [0.05, 0.1) is 17.8 Å². The fourth-order valence-electron chi connectivity index (χ4n) is 2.46. The highest BCUT2D eigenvalue weighted by molar-refractivity contribution is 6.16. The number of hydrogen-bond donors (Lipinski definition) is 0. The van der Waals surface area contributed by atoms with Crippen LogP contribution in [0.1, 0.15) is 17.9 Å². The van der Waals surface area contributed by atoms with Gasteiger partial charge in [-0.2, -0.15) is 5.10 Å². The number of fused-ring (bicyclic) bond motifs is 1. The monoisotopic (exact) mass is 293 g/mol. The van der Waals surface area contributed by atoms with Crippen molar-refractivity contribution in [2.24, 2.45) is 7.05 Å². The summed E-state index contributed by atoms with van der Waals surface area (Å²) in [4.78, 5) is 4.58. The molecule has 0 radical (unpaired) electrons. The van der Waals surface area contributed by atoms with E-state index in [4.69, 9.17) is 11.6 Å². The van der Waals surface area contributed by atoms with Gasteiger partial charge in [-0.3, -0.25) is 9.36 Å². The van der Waals surface area contributed by atoms with Crippen LogP contribution in [0.3, 0.4) is 0 Å². The van der Waals surface area contributed by atoms with Crippen molar-refractivity contribution in [3.05, 3.63) is 23.9 Å². The number of halogens is 1. The van der Waals surface area contributed by atoms with Gasteiger partial charge in [0.15, 0.2) is 5.65 Å². The zero-order valence-electron chi connectivity index (χ0n) is 11.5. The summed E-state index contributed by atoms with van der Waals surface area (Å²) in [6.45, 7) is 3.61. The van der Waals surface area contributed by atoms with Crippen molar-refractivity contribution in [2.45, 2.75) is 32.3 Å². The first-order valence-electron chi connectivity index (χ1n) is 6.49. The summed E-state index contributed by atoms with van der Waals surface area (Å²) in [5.74, 6) is 1.29. The maximum absolute atomic E-state index is 6.00. The second-order valence-electron chi connectivity index (χ2n) is 4.71. The molecule has 0 bridgehead atoms. The van der Waals surface area contributed by atoms with Crippen LogP contribution in [-0.2, 0) is 26.0 Å². The van der Waals surface area contributed by atoms with E-state index in [0.29, 0.717) is 5.88 Å². The van der Waals surface area contributed by atoms with Gasteiger partial charge in [-0.05, 0) is 13.3 Å². The van der Waals surface area contributed by atoms with E-state index in [0.717, 1.165) is 42.2 Å². The molecule has 0 saturated carbocycles. The number of rotatable bonds is 5. The molecule has 7 nitrogen and oxygen atoms in total. The summed E-state index contributed by atoms with van der Waals surface area (Å²) >= 11 is 6.00. The Morgan fingerprint density at radius 1 is 1.30 bits per heavy atom. The molecule has 0 atom stereocenters. The molecule has 0 N–H and O–H groups in total. The summed E-state index contributed by atoms with van der Waals surface area (Å²) in [7, 11) is 1.93. The molecular formula is C12H16ClN7. The van der Waals surface area contributed by atoms with Crippen LogP contribution in [0.25, 0.3) is 11.2 Å². The van der Waals surface area contributed by atoms with Crippen LogP contribution in [0.2, 0.25) is 0 Å². The van der Waals surface area contributed by atoms with E-state index in [1.165, 1.54) is 0 Å². The average Bonchev–Trinajstić information content (AvgIpc) is 3.10. The standard InChI is InChI=1S/C12H16ClN7/c1-9-11-12(18(2)16-9)20(10(8-13)15-11)6-3-5-19-7-4-14-17-19/h4,7H,3,5-6,8H2,1-2H3. The first-order chi connectivity index (χ1) is 9.70. The van der Waals surface area contributed by atoms with E-state index >= 15 is 0 Å². The summed E-state index contributed by atoms with van der Waals surface area (Å²) in [5.41, 5.74) is 2.89. The first-order valence-corrected chi connectivity index (χ1v) is 7.03. The normalized spacial score (nSPS) is 11.6. The van der Waals surface area contributed by atoms with Crippen molar-refractivity contribution < 1.29 is 0 Å². The molecule has 106 valence electrons. The fraction of sp³-hybridized carbons (Fsp3) is 0.500. The third-order valence-electron chi connectivity index (χ3n) is 3.33. The maximum atomic E-state index is 6.00. The van der Waals surface area contributed by atoms with E-state index < -0.39 is 0 Å². The average molecular weight is 294 g/mol. The third kappa shape index (κ3) is 2.18. The van der Waals surface area contributed by atoms with E-state index in [2.05, 4.69) is 25.0 Å². The van der Waals surface area contributed by atoms with Gasteiger partial charge in [-0.1, -0.05) is 5.21 Å². The van der Waals surface area contributed by atoms with Crippen LogP contribution in [0.4, 0.5) is 0 Å². The van der Waals surface area contributed by atoms with Crippen molar-refractivity contribution in [2.75, 3.05) is 0 Å². The second-order valence-corrected chi connectivity index (χ2v) is 4.98. The van der Waals surface area contributed by atoms with Crippen LogP contribution < -0.4 is 0 Å². The van der Waals surface area contributed by atoms with Crippen molar-refractivity contribution in [1.29, 1.82) is 0 Å². The number of nitrogens with zero attached hydrogens (tertiary/aromatic N) is 7. The van der Waals surface area contributed by atoms with Gasteiger partial charge < -0.3 is 4.57 Å². The Labute approximate surface area is 121 Å². The summed E-state index contributed by atoms with van der Waals surface area (Å²) in [6.07, 6.45) is 4.48. The van der Waals surface area contributed by atoms with Gasteiger partial charge in [0, 0.05) is 26.3 Å². The Balaban J connectivity index is 1.85. The van der Waals surface area contributed by atoms with Crippen molar-refractivity contribution in [1.82, 2.24) is 34.3 Å². The molecule has 3 aromatic heterocycles. The minimum atomic E-state index is 0.400. The summed E-state index contributed by atoms with van der Waals surface area (Å²) in [5, 5.41) is 12.2. The Morgan fingerprint density at radius 3 is 2.85 bits per heavy atom. The van der Waals surface area contributed by atoms with E-state index in [-0.39, 0.29) is 0 Å². The largest absolute Gasteiger partial charge is 0.312 e. The highest BCUT2D eigenvalue weighted by Crippen LogP contribution is 2.20. The fourth-order valence-corrected chi connectivity index (χ4v) is 2.66. The van der Waals surface area contributed by atoms with Crippen molar-refractivity contribution in [3.8, 4) is 0 Å². The van der Waals surface area contributed by atoms with Gasteiger partial charge in [0.1, 0.15) is 11.3 Å². The van der Waals surface area contributed by atoms with Crippen molar-refractivity contribution >= 4 is 22.8 Å². The van der Waals surface area contributed by atoms with Crippen molar-refractivity contribution in [3.63, 3.8) is 0 Å². The zero-order chi connectivity index (χ0) is 14.1. The van der Waals surface area contributed by atoms with Gasteiger partial charge in [0.2, 0.25) is 0 Å². The SMILES string of the molecule is Cc1nn(C)c2c1nc(CCl)n2CCCn1ccnn1. The Bertz CT molecular complexity index is 710. The zero-order valence-corrected chi connectivity index (χ0v) is 12.2. The van der Waals surface area contributed by atoms with Gasteiger partial charge >= 0.3 is 0 Å². The molecular weight excluding hydrogens is 278 g/mol. The van der Waals surface area contributed by atoms with Crippen LogP contribution in [-0.4, -0.2) is 34.3 Å². The van der Waals surface area contributed by atoms with Crippen LogP contribution in [0.5, 0.6) is 0 Å².